The van der Waals surface area contributed by atoms with Crippen LogP contribution in [0.15, 0.2) is 0 Å². The van der Waals surface area contributed by atoms with Crippen molar-refractivity contribution in [1.82, 2.24) is 0 Å². The predicted molar refractivity (Wildman–Crippen MR) is 48.3 cm³/mol. The zero-order chi connectivity index (χ0) is 5.86. The third-order valence-corrected chi connectivity index (χ3v) is 1.02. The van der Waals surface area contributed by atoms with Gasteiger partial charge in [-0.2, -0.15) is 26.1 Å². The van der Waals surface area contributed by atoms with Crippen molar-refractivity contribution in [2.24, 2.45) is 5.92 Å². The molecule has 0 bridgehead atoms. The highest BCUT2D eigenvalue weighted by molar-refractivity contribution is 7.80. The Hall–Kier alpha value is 0.700. The maximum Gasteiger partial charge on any atom is -0.000916 e. The van der Waals surface area contributed by atoms with E-state index in [1.165, 1.54) is 6.42 Å². The standard InChI is InChI=1S/C6H14S.H2S/c1-5(2)4-6(3)7;/h5-7H,4H2,1-3H3;1H2. The molecule has 0 saturated heterocycles. The Morgan fingerprint density at radius 1 is 1.25 bits per heavy atom. The van der Waals surface area contributed by atoms with E-state index in [0.717, 1.165) is 5.92 Å². The van der Waals surface area contributed by atoms with E-state index in [0.29, 0.717) is 5.25 Å². The molecule has 0 fully saturated rings. The number of thiol groups is 1. The number of rotatable bonds is 2. The molecule has 1 unspecified atom stereocenters. The van der Waals surface area contributed by atoms with E-state index in [4.69, 9.17) is 0 Å². The van der Waals surface area contributed by atoms with Gasteiger partial charge < -0.3 is 0 Å². The Bertz CT molecular complexity index is 35.8. The Morgan fingerprint density at radius 2 is 1.62 bits per heavy atom. The molecule has 0 N–H and O–H groups in total. The largest absolute Gasteiger partial charge is 0.197 e. The van der Waals surface area contributed by atoms with Gasteiger partial charge >= 0.3 is 0 Å². The second-order valence-electron chi connectivity index (χ2n) is 2.48. The minimum atomic E-state index is 0. The van der Waals surface area contributed by atoms with Crippen molar-refractivity contribution < 1.29 is 0 Å². The minimum Gasteiger partial charge on any atom is -0.197 e. The molecule has 0 aromatic carbocycles. The summed E-state index contributed by atoms with van der Waals surface area (Å²) in [6.45, 7) is 6.56. The van der Waals surface area contributed by atoms with Crippen LogP contribution < -0.4 is 0 Å². The van der Waals surface area contributed by atoms with E-state index >= 15 is 0 Å². The molecule has 0 aliphatic carbocycles. The van der Waals surface area contributed by atoms with Crippen molar-refractivity contribution in [2.45, 2.75) is 32.4 Å². The van der Waals surface area contributed by atoms with Crippen LogP contribution >= 0.6 is 26.1 Å². The van der Waals surface area contributed by atoms with Gasteiger partial charge in [-0.1, -0.05) is 20.8 Å². The van der Waals surface area contributed by atoms with Crippen molar-refractivity contribution in [1.29, 1.82) is 0 Å². The van der Waals surface area contributed by atoms with Gasteiger partial charge in [0.2, 0.25) is 0 Å². The van der Waals surface area contributed by atoms with Crippen LogP contribution in [0.4, 0.5) is 0 Å². The van der Waals surface area contributed by atoms with E-state index in [-0.39, 0.29) is 13.5 Å². The van der Waals surface area contributed by atoms with Crippen LogP contribution in [0, 0.1) is 5.92 Å². The molecule has 0 aliphatic heterocycles. The zero-order valence-electron chi connectivity index (χ0n) is 5.81. The first kappa shape index (κ1) is 11.5. The van der Waals surface area contributed by atoms with Gasteiger partial charge in [0, 0.05) is 0 Å². The summed E-state index contributed by atoms with van der Waals surface area (Å²) >= 11 is 4.24. The van der Waals surface area contributed by atoms with Crippen molar-refractivity contribution in [3.8, 4) is 0 Å². The van der Waals surface area contributed by atoms with Crippen molar-refractivity contribution in [3.05, 3.63) is 0 Å². The first-order chi connectivity index (χ1) is 3.13. The molecule has 1 atom stereocenters. The molecule has 0 aliphatic rings. The average Bonchev–Trinajstić information content (AvgIpc) is 1.27. The summed E-state index contributed by atoms with van der Waals surface area (Å²) in [5.74, 6) is 0.799. The second kappa shape index (κ2) is 5.83. The average molecular weight is 152 g/mol. The van der Waals surface area contributed by atoms with Gasteiger partial charge in [0.1, 0.15) is 0 Å². The molecule has 0 saturated carbocycles. The maximum atomic E-state index is 4.24. The SMILES string of the molecule is CC(C)CC(C)S.S. The van der Waals surface area contributed by atoms with Gasteiger partial charge in [0.15, 0.2) is 0 Å². The molecule has 0 aromatic heterocycles. The summed E-state index contributed by atoms with van der Waals surface area (Å²) < 4.78 is 0. The minimum absolute atomic E-state index is 0. The Morgan fingerprint density at radius 3 is 1.62 bits per heavy atom. The lowest BCUT2D eigenvalue weighted by atomic mass is 10.1. The molecule has 0 radical (unpaired) electrons. The Balaban J connectivity index is 0. The molecule has 0 amide bonds. The summed E-state index contributed by atoms with van der Waals surface area (Å²) in [5.41, 5.74) is 0. The van der Waals surface area contributed by atoms with Gasteiger partial charge in [-0.15, -0.1) is 0 Å². The third kappa shape index (κ3) is 9.85. The molecule has 0 aromatic rings. The van der Waals surface area contributed by atoms with Crippen LogP contribution in [-0.2, 0) is 0 Å². The number of hydrogen-bond donors (Lipinski definition) is 1. The van der Waals surface area contributed by atoms with Crippen LogP contribution in [0.2, 0.25) is 0 Å². The first-order valence-electron chi connectivity index (χ1n) is 2.81. The molecular formula is C6H16S2. The fourth-order valence-electron chi connectivity index (χ4n) is 0.682. The fourth-order valence-corrected chi connectivity index (χ4v) is 1.10. The highest BCUT2D eigenvalue weighted by Gasteiger charge is 1.96. The molecule has 0 rings (SSSR count). The van der Waals surface area contributed by atoms with Crippen LogP contribution in [0.25, 0.3) is 0 Å². The molecule has 52 valence electrons. The van der Waals surface area contributed by atoms with Gasteiger partial charge in [-0.05, 0) is 17.6 Å². The summed E-state index contributed by atoms with van der Waals surface area (Å²) in [5, 5.41) is 0.569. The van der Waals surface area contributed by atoms with Crippen LogP contribution in [0.3, 0.4) is 0 Å². The topological polar surface area (TPSA) is 0 Å². The van der Waals surface area contributed by atoms with Crippen molar-refractivity contribution in [2.75, 3.05) is 0 Å². The lowest BCUT2D eigenvalue weighted by Gasteiger charge is -2.04. The quantitative estimate of drug-likeness (QED) is 0.577. The molecular weight excluding hydrogens is 136 g/mol. The summed E-state index contributed by atoms with van der Waals surface area (Å²) in [7, 11) is 0. The third-order valence-electron chi connectivity index (χ3n) is 0.813. The summed E-state index contributed by atoms with van der Waals surface area (Å²) in [6.07, 6.45) is 1.23. The normalized spacial score (nSPS) is 13.1. The summed E-state index contributed by atoms with van der Waals surface area (Å²) in [4.78, 5) is 0. The van der Waals surface area contributed by atoms with Crippen molar-refractivity contribution >= 4 is 26.1 Å². The molecule has 0 spiro atoms. The number of hydrogen-bond acceptors (Lipinski definition) is 1. The van der Waals surface area contributed by atoms with Crippen molar-refractivity contribution in [3.63, 3.8) is 0 Å². The second-order valence-corrected chi connectivity index (χ2v) is 3.36. The summed E-state index contributed by atoms with van der Waals surface area (Å²) in [6, 6.07) is 0. The fraction of sp³-hybridized carbons (Fsp3) is 1.00. The van der Waals surface area contributed by atoms with Gasteiger partial charge in [0.05, 0.1) is 0 Å². The highest BCUT2D eigenvalue weighted by atomic mass is 32.1. The monoisotopic (exact) mass is 152 g/mol. The smallest absolute Gasteiger partial charge is 0.000916 e. The van der Waals surface area contributed by atoms with Crippen LogP contribution in [0.5, 0.6) is 0 Å². The van der Waals surface area contributed by atoms with Crippen LogP contribution in [-0.4, -0.2) is 5.25 Å². The van der Waals surface area contributed by atoms with Gasteiger partial charge in [0.25, 0.3) is 0 Å². The van der Waals surface area contributed by atoms with Gasteiger partial charge in [-0.3, -0.25) is 0 Å². The molecule has 8 heavy (non-hydrogen) atoms. The van der Waals surface area contributed by atoms with E-state index in [9.17, 15) is 0 Å². The van der Waals surface area contributed by atoms with E-state index < -0.39 is 0 Å². The predicted octanol–water partition coefficient (Wildman–Crippen LogP) is 2.46. The van der Waals surface area contributed by atoms with E-state index in [1.807, 2.05) is 0 Å². The van der Waals surface area contributed by atoms with Crippen LogP contribution in [0.1, 0.15) is 27.2 Å². The van der Waals surface area contributed by atoms with E-state index in [2.05, 4.69) is 33.4 Å². The maximum absolute atomic E-state index is 4.24. The Kier molecular flexibility index (Phi) is 8.37. The molecule has 0 nitrogen and oxygen atoms in total. The first-order valence-corrected chi connectivity index (χ1v) is 3.32. The molecule has 0 heterocycles. The van der Waals surface area contributed by atoms with E-state index in [1.54, 1.807) is 0 Å². The molecule has 2 heteroatoms. The van der Waals surface area contributed by atoms with Gasteiger partial charge in [-0.25, -0.2) is 0 Å². The highest BCUT2D eigenvalue weighted by Crippen LogP contribution is 2.07. The zero-order valence-corrected chi connectivity index (χ0v) is 7.70. The lowest BCUT2D eigenvalue weighted by molar-refractivity contribution is 0.586. The Labute approximate surface area is 64.9 Å². The lowest BCUT2D eigenvalue weighted by Crippen LogP contribution is -1.96.